The first-order valence-electron chi connectivity index (χ1n) is 1.70. The number of hydrogen-bond acceptors (Lipinski definition) is 6. The summed E-state index contributed by atoms with van der Waals surface area (Å²) in [5.41, 5.74) is 0. The molecule has 0 unspecified atom stereocenters. The zero-order chi connectivity index (χ0) is 10.7. The van der Waals surface area contributed by atoms with Gasteiger partial charge in [-0.1, -0.05) is 0 Å². The van der Waals surface area contributed by atoms with Crippen molar-refractivity contribution in [2.75, 3.05) is 0 Å². The minimum Gasteiger partial charge on any atom is -0.328 e. The molecule has 0 aromatic carbocycles. The number of rotatable bonds is 0. The Balaban J connectivity index is -0.0000000450. The molecule has 12 nitrogen and oxygen atoms in total. The van der Waals surface area contributed by atoms with Crippen molar-refractivity contribution in [3.8, 4) is 0 Å². The quantitative estimate of drug-likeness (QED) is 0.350. The van der Waals surface area contributed by atoms with Gasteiger partial charge in [0.25, 0.3) is 15.3 Å². The van der Waals surface area contributed by atoms with E-state index in [2.05, 4.69) is 0 Å². The first-order chi connectivity index (χ1) is 5.20. The monoisotopic (exact) mass is 241 g/mol. The van der Waals surface area contributed by atoms with Crippen molar-refractivity contribution in [1.29, 1.82) is 0 Å². The Labute approximate surface area is 79.5 Å². The molecule has 0 bridgehead atoms. The van der Waals surface area contributed by atoms with Crippen molar-refractivity contribution in [2.45, 2.75) is 0 Å². The van der Waals surface area contributed by atoms with E-state index in [-0.39, 0.29) is 17.4 Å². The molecule has 0 aromatic rings. The molecule has 0 saturated carbocycles. The van der Waals surface area contributed by atoms with Gasteiger partial charge in [0, 0.05) is 17.4 Å². The molecule has 0 amide bonds. The first-order valence-corrected chi connectivity index (χ1v) is 1.70. The van der Waals surface area contributed by atoms with Gasteiger partial charge in [0.2, 0.25) is 0 Å². The van der Waals surface area contributed by atoms with E-state index in [1.165, 1.54) is 0 Å². The molecule has 0 atom stereocenters. The molecule has 0 radical (unpaired) electrons. The van der Waals surface area contributed by atoms with Crippen LogP contribution in [0, 0.1) is 30.3 Å². The van der Waals surface area contributed by atoms with Crippen LogP contribution in [0.3, 0.4) is 0 Å². The van der Waals surface area contributed by atoms with Gasteiger partial charge in [0.1, 0.15) is 0 Å². The fraction of sp³-hybridized carbons (Fsp3) is 0. The summed E-state index contributed by atoms with van der Waals surface area (Å²) in [6, 6.07) is 0. The van der Waals surface area contributed by atoms with Crippen LogP contribution >= 0.6 is 0 Å². The summed E-state index contributed by atoms with van der Waals surface area (Å²) in [6.07, 6.45) is 0. The van der Waals surface area contributed by atoms with Crippen LogP contribution in [0.4, 0.5) is 0 Å². The zero-order valence-corrected chi connectivity index (χ0v) is 6.82. The Morgan fingerprint density at radius 2 is 0.692 bits per heavy atom. The maximum Gasteiger partial charge on any atom is 0.291 e. The summed E-state index contributed by atoms with van der Waals surface area (Å²) >= 11 is 0. The second-order valence-corrected chi connectivity index (χ2v) is 0.714. The molecule has 0 fully saturated rings. The number of nitrogens with zero attached hydrogens (tertiary/aromatic N) is 3. The molecule has 13 heteroatoms. The maximum atomic E-state index is 8.36. The van der Waals surface area contributed by atoms with Crippen molar-refractivity contribution in [3.05, 3.63) is 30.3 Å². The van der Waals surface area contributed by atoms with Gasteiger partial charge in [-0.3, -0.25) is 0 Å². The van der Waals surface area contributed by atoms with E-state index < -0.39 is 15.3 Å². The van der Waals surface area contributed by atoms with E-state index in [9.17, 15) is 0 Å². The van der Waals surface area contributed by atoms with Crippen molar-refractivity contribution >= 4 is 0 Å². The van der Waals surface area contributed by atoms with Crippen LogP contribution in [0.25, 0.3) is 0 Å². The van der Waals surface area contributed by atoms with E-state index in [0.29, 0.717) is 0 Å². The third-order valence-corrected chi connectivity index (χ3v) is 0. The summed E-state index contributed by atoms with van der Waals surface area (Å²) in [7, 11) is 0. The van der Waals surface area contributed by atoms with E-state index >= 15 is 0 Å². The Hall–Kier alpha value is -1.87. The molecule has 0 heterocycles. The van der Waals surface area contributed by atoms with Crippen LogP contribution in [0.1, 0.15) is 0 Å². The molecule has 0 aromatic heterocycles. The molecule has 0 rings (SSSR count). The predicted octanol–water partition coefficient (Wildman–Crippen LogP) is -1.05. The molecule has 78 valence electrons. The minimum atomic E-state index is -1.50. The third kappa shape index (κ3) is 192. The third-order valence-electron chi connectivity index (χ3n) is 0. The average Bonchev–Trinajstić information content (AvgIpc) is 1.54. The molecule has 3 N–H and O–H groups in total. The van der Waals surface area contributed by atoms with Gasteiger partial charge in [-0.2, -0.15) is 0 Å². The van der Waals surface area contributed by atoms with Crippen molar-refractivity contribution in [1.82, 2.24) is 0 Å². The topological polar surface area (TPSA) is 190 Å². The second-order valence-electron chi connectivity index (χ2n) is 0.714. The summed E-state index contributed by atoms with van der Waals surface area (Å²) in [5, 5.41) is 40.9. The van der Waals surface area contributed by atoms with Crippen molar-refractivity contribution in [2.24, 2.45) is 0 Å². The molecular formula is H3CrN3O9. The van der Waals surface area contributed by atoms with Gasteiger partial charge in [-0.05, 0) is 0 Å². The maximum absolute atomic E-state index is 8.36. The molecule has 0 spiro atoms. The van der Waals surface area contributed by atoms with Crippen molar-refractivity contribution < 1.29 is 48.2 Å². The Morgan fingerprint density at radius 3 is 0.692 bits per heavy atom. The zero-order valence-electron chi connectivity index (χ0n) is 5.54. The van der Waals surface area contributed by atoms with Crippen LogP contribution in [0.5, 0.6) is 0 Å². The summed E-state index contributed by atoms with van der Waals surface area (Å²) in [5.74, 6) is 0. The standard InChI is InChI=1S/Cr.3HNO3/c;3*2-1(3)4/h;3*(H,2,3,4). The van der Waals surface area contributed by atoms with E-state index in [0.717, 1.165) is 0 Å². The molecule has 13 heavy (non-hydrogen) atoms. The van der Waals surface area contributed by atoms with Gasteiger partial charge < -0.3 is 15.6 Å². The Kier molecular flexibility index (Phi) is 28.7. The van der Waals surface area contributed by atoms with Gasteiger partial charge >= 0.3 is 0 Å². The average molecular weight is 241 g/mol. The predicted molar refractivity (Wildman–Crippen MR) is 26.3 cm³/mol. The van der Waals surface area contributed by atoms with Crippen LogP contribution in [-0.4, -0.2) is 30.9 Å². The smallest absolute Gasteiger partial charge is 0.291 e. The van der Waals surface area contributed by atoms with Crippen LogP contribution in [-0.2, 0) is 17.4 Å². The van der Waals surface area contributed by atoms with Crippen LogP contribution < -0.4 is 0 Å². The Morgan fingerprint density at radius 1 is 0.692 bits per heavy atom. The second kappa shape index (κ2) is 16.6. The fourth-order valence-corrected chi connectivity index (χ4v) is 0. The fourth-order valence-electron chi connectivity index (χ4n) is 0. The normalized spacial score (nSPS) is 5.54. The summed E-state index contributed by atoms with van der Waals surface area (Å²) in [4.78, 5) is 25.1. The first kappa shape index (κ1) is 22.5. The largest absolute Gasteiger partial charge is 0.328 e. The van der Waals surface area contributed by atoms with Gasteiger partial charge in [-0.25, -0.2) is 0 Å². The van der Waals surface area contributed by atoms with Crippen LogP contribution in [0.15, 0.2) is 0 Å². The van der Waals surface area contributed by atoms with Gasteiger partial charge in [-0.15, -0.1) is 30.3 Å². The van der Waals surface area contributed by atoms with Gasteiger partial charge in [0.15, 0.2) is 0 Å². The van der Waals surface area contributed by atoms with Crippen molar-refractivity contribution in [3.63, 3.8) is 0 Å². The SMILES string of the molecule is O=[N+]([O-])O.O=[N+]([O-])O.O=[N+]([O-])O.[Cr]. The Bertz CT molecular complexity index is 112. The van der Waals surface area contributed by atoms with E-state index in [1.54, 1.807) is 0 Å². The summed E-state index contributed by atoms with van der Waals surface area (Å²) < 4.78 is 0. The number of hydrogen-bond donors (Lipinski definition) is 3. The molecule has 0 aliphatic rings. The molecular weight excluding hydrogens is 238 g/mol. The molecule has 0 aliphatic heterocycles. The minimum absolute atomic E-state index is 0. The molecule has 0 saturated heterocycles. The van der Waals surface area contributed by atoms with E-state index in [4.69, 9.17) is 46.0 Å². The van der Waals surface area contributed by atoms with Gasteiger partial charge in [0.05, 0.1) is 0 Å². The van der Waals surface area contributed by atoms with E-state index in [1.807, 2.05) is 0 Å². The molecule has 0 aliphatic carbocycles. The summed E-state index contributed by atoms with van der Waals surface area (Å²) in [6.45, 7) is 0. The van der Waals surface area contributed by atoms with Crippen LogP contribution in [0.2, 0.25) is 0 Å².